The van der Waals surface area contributed by atoms with E-state index in [4.69, 9.17) is 0 Å². The van der Waals surface area contributed by atoms with Gasteiger partial charge in [-0.2, -0.15) is 0 Å². The third-order valence-corrected chi connectivity index (χ3v) is 5.29. The highest BCUT2D eigenvalue weighted by atomic mass is 15.2. The van der Waals surface area contributed by atoms with E-state index in [0.717, 1.165) is 12.0 Å². The quantitative estimate of drug-likeness (QED) is 0.911. The van der Waals surface area contributed by atoms with Crippen LogP contribution in [0.25, 0.3) is 0 Å². The van der Waals surface area contributed by atoms with Gasteiger partial charge in [0.15, 0.2) is 0 Å². The largest absolute Gasteiger partial charge is 0.312 e. The first-order valence-corrected chi connectivity index (χ1v) is 8.91. The van der Waals surface area contributed by atoms with Crippen LogP contribution in [0.3, 0.4) is 0 Å². The summed E-state index contributed by atoms with van der Waals surface area (Å²) in [5.74, 6) is 0.927. The predicted octanol–water partition coefficient (Wildman–Crippen LogP) is 3.47. The van der Waals surface area contributed by atoms with E-state index in [9.17, 15) is 0 Å². The van der Waals surface area contributed by atoms with Gasteiger partial charge in [0.05, 0.1) is 0 Å². The second-order valence-corrected chi connectivity index (χ2v) is 6.85. The van der Waals surface area contributed by atoms with Gasteiger partial charge in [-0.15, -0.1) is 0 Å². The van der Waals surface area contributed by atoms with Crippen LogP contribution in [-0.2, 0) is 6.42 Å². The fourth-order valence-corrected chi connectivity index (χ4v) is 4.01. The summed E-state index contributed by atoms with van der Waals surface area (Å²) in [4.78, 5) is 2.70. The monoisotopic (exact) mass is 286 g/mol. The molecule has 21 heavy (non-hydrogen) atoms. The molecule has 0 radical (unpaired) electrons. The van der Waals surface area contributed by atoms with Crippen LogP contribution in [-0.4, -0.2) is 37.1 Å². The SMILES string of the molecule is c1ccc(CCN2CCCNC(C3CCCCC3)C2)cc1. The Balaban J connectivity index is 1.52. The van der Waals surface area contributed by atoms with Gasteiger partial charge >= 0.3 is 0 Å². The highest BCUT2D eigenvalue weighted by Gasteiger charge is 2.26. The summed E-state index contributed by atoms with van der Waals surface area (Å²) in [5, 5.41) is 3.84. The van der Waals surface area contributed by atoms with E-state index < -0.39 is 0 Å². The van der Waals surface area contributed by atoms with Crippen LogP contribution in [0.4, 0.5) is 0 Å². The van der Waals surface area contributed by atoms with Crippen LogP contribution in [0.15, 0.2) is 30.3 Å². The molecule has 116 valence electrons. The zero-order valence-electron chi connectivity index (χ0n) is 13.3. The molecule has 1 aliphatic carbocycles. The van der Waals surface area contributed by atoms with Crippen molar-refractivity contribution in [2.45, 2.75) is 51.0 Å². The maximum Gasteiger partial charge on any atom is 0.0223 e. The summed E-state index contributed by atoms with van der Waals surface area (Å²) < 4.78 is 0. The van der Waals surface area contributed by atoms with Crippen LogP contribution in [0.1, 0.15) is 44.1 Å². The zero-order chi connectivity index (χ0) is 14.3. The smallest absolute Gasteiger partial charge is 0.0223 e. The average molecular weight is 286 g/mol. The molecule has 3 rings (SSSR count). The van der Waals surface area contributed by atoms with Crippen LogP contribution in [0.5, 0.6) is 0 Å². The van der Waals surface area contributed by atoms with Crippen molar-refractivity contribution >= 4 is 0 Å². The number of hydrogen-bond donors (Lipinski definition) is 1. The molecule has 1 unspecified atom stereocenters. The molecule has 1 saturated carbocycles. The van der Waals surface area contributed by atoms with E-state index in [0.29, 0.717) is 0 Å². The summed E-state index contributed by atoms with van der Waals surface area (Å²) in [6.07, 6.45) is 9.76. The van der Waals surface area contributed by atoms with Crippen LogP contribution < -0.4 is 5.32 Å². The van der Waals surface area contributed by atoms with Crippen molar-refractivity contribution in [3.05, 3.63) is 35.9 Å². The second-order valence-electron chi connectivity index (χ2n) is 6.85. The third kappa shape index (κ3) is 4.55. The second kappa shape index (κ2) is 7.95. The Bertz CT molecular complexity index is 397. The summed E-state index contributed by atoms with van der Waals surface area (Å²) in [6, 6.07) is 11.7. The molecule has 0 spiro atoms. The molecular formula is C19H30N2. The summed E-state index contributed by atoms with van der Waals surface area (Å²) in [5.41, 5.74) is 1.48. The van der Waals surface area contributed by atoms with Crippen molar-refractivity contribution in [1.82, 2.24) is 10.2 Å². The van der Waals surface area contributed by atoms with Gasteiger partial charge in [0.1, 0.15) is 0 Å². The fourth-order valence-electron chi connectivity index (χ4n) is 4.01. The molecule has 1 saturated heterocycles. The highest BCUT2D eigenvalue weighted by Crippen LogP contribution is 2.27. The molecule has 2 fully saturated rings. The van der Waals surface area contributed by atoms with Crippen LogP contribution >= 0.6 is 0 Å². The minimum atomic E-state index is 0.739. The van der Waals surface area contributed by atoms with Gasteiger partial charge in [0.25, 0.3) is 0 Å². The first kappa shape index (κ1) is 15.1. The van der Waals surface area contributed by atoms with Gasteiger partial charge in [0.2, 0.25) is 0 Å². The Labute approximate surface area is 129 Å². The molecule has 1 aromatic carbocycles. The molecule has 1 heterocycles. The van der Waals surface area contributed by atoms with Crippen molar-refractivity contribution in [3.8, 4) is 0 Å². The van der Waals surface area contributed by atoms with Crippen molar-refractivity contribution < 1.29 is 0 Å². The predicted molar refractivity (Wildman–Crippen MR) is 89.6 cm³/mol. The topological polar surface area (TPSA) is 15.3 Å². The molecule has 0 aromatic heterocycles. The van der Waals surface area contributed by atoms with E-state index in [1.165, 1.54) is 76.7 Å². The fraction of sp³-hybridized carbons (Fsp3) is 0.684. The van der Waals surface area contributed by atoms with Gasteiger partial charge in [-0.1, -0.05) is 49.6 Å². The van der Waals surface area contributed by atoms with E-state index in [-0.39, 0.29) is 0 Å². The lowest BCUT2D eigenvalue weighted by atomic mass is 9.83. The van der Waals surface area contributed by atoms with Crippen molar-refractivity contribution in [2.75, 3.05) is 26.2 Å². The highest BCUT2D eigenvalue weighted by molar-refractivity contribution is 5.14. The zero-order valence-corrected chi connectivity index (χ0v) is 13.3. The molecule has 1 atom stereocenters. The lowest BCUT2D eigenvalue weighted by molar-refractivity contribution is 0.207. The number of hydrogen-bond acceptors (Lipinski definition) is 2. The summed E-state index contributed by atoms with van der Waals surface area (Å²) in [6.45, 7) is 4.96. The Morgan fingerprint density at radius 2 is 1.81 bits per heavy atom. The molecule has 0 amide bonds. The van der Waals surface area contributed by atoms with Gasteiger partial charge < -0.3 is 10.2 Å². The summed E-state index contributed by atoms with van der Waals surface area (Å²) in [7, 11) is 0. The number of rotatable bonds is 4. The minimum Gasteiger partial charge on any atom is -0.312 e. The van der Waals surface area contributed by atoms with Gasteiger partial charge in [0, 0.05) is 19.1 Å². The first-order valence-electron chi connectivity index (χ1n) is 8.91. The molecule has 1 aliphatic heterocycles. The van der Waals surface area contributed by atoms with Crippen LogP contribution in [0, 0.1) is 5.92 Å². The Hall–Kier alpha value is -0.860. The Morgan fingerprint density at radius 1 is 1.00 bits per heavy atom. The van der Waals surface area contributed by atoms with Crippen molar-refractivity contribution in [1.29, 1.82) is 0 Å². The Kier molecular flexibility index (Phi) is 5.70. The average Bonchev–Trinajstić information content (AvgIpc) is 2.80. The third-order valence-electron chi connectivity index (χ3n) is 5.29. The standard InChI is InChI=1S/C19H30N2/c1-3-8-17(9-4-1)12-15-21-14-7-13-20-19(16-21)18-10-5-2-6-11-18/h1,3-4,8-9,18-20H,2,5-7,10-16H2. The molecule has 2 nitrogen and oxygen atoms in total. The van der Waals surface area contributed by atoms with E-state index in [2.05, 4.69) is 40.5 Å². The van der Waals surface area contributed by atoms with Crippen molar-refractivity contribution in [3.63, 3.8) is 0 Å². The molecule has 0 bridgehead atoms. The maximum absolute atomic E-state index is 3.84. The van der Waals surface area contributed by atoms with Gasteiger partial charge in [-0.3, -0.25) is 0 Å². The van der Waals surface area contributed by atoms with E-state index in [1.807, 2.05) is 0 Å². The van der Waals surface area contributed by atoms with E-state index >= 15 is 0 Å². The molecule has 2 heteroatoms. The van der Waals surface area contributed by atoms with Gasteiger partial charge in [-0.05, 0) is 50.3 Å². The minimum absolute atomic E-state index is 0.739. The van der Waals surface area contributed by atoms with Gasteiger partial charge in [-0.25, -0.2) is 0 Å². The molecule has 1 N–H and O–H groups in total. The number of benzene rings is 1. The lowest BCUT2D eigenvalue weighted by Crippen LogP contribution is -2.44. The van der Waals surface area contributed by atoms with E-state index in [1.54, 1.807) is 0 Å². The number of nitrogens with one attached hydrogen (secondary N) is 1. The summed E-state index contributed by atoms with van der Waals surface area (Å²) >= 11 is 0. The number of nitrogens with zero attached hydrogens (tertiary/aromatic N) is 1. The molecule has 2 aliphatic rings. The maximum atomic E-state index is 3.84. The van der Waals surface area contributed by atoms with Crippen molar-refractivity contribution in [2.24, 2.45) is 5.92 Å². The lowest BCUT2D eigenvalue weighted by Gasteiger charge is -2.33. The van der Waals surface area contributed by atoms with Crippen LogP contribution in [0.2, 0.25) is 0 Å². The Morgan fingerprint density at radius 3 is 2.62 bits per heavy atom. The normalized spacial score (nSPS) is 25.6. The first-order chi connectivity index (χ1) is 10.4. The molecule has 1 aromatic rings. The molecular weight excluding hydrogens is 256 g/mol.